The predicted molar refractivity (Wildman–Crippen MR) is 89.6 cm³/mol. The molecule has 2 aliphatic heterocycles. The van der Waals surface area contributed by atoms with Crippen molar-refractivity contribution in [2.75, 3.05) is 26.2 Å². The summed E-state index contributed by atoms with van der Waals surface area (Å²) < 4.78 is 19.8. The molecule has 1 aromatic rings. The van der Waals surface area contributed by atoms with Gasteiger partial charge in [0.25, 0.3) is 0 Å². The van der Waals surface area contributed by atoms with Crippen LogP contribution in [-0.2, 0) is 14.9 Å². The van der Waals surface area contributed by atoms with E-state index in [2.05, 4.69) is 0 Å². The lowest BCUT2D eigenvalue weighted by atomic mass is 9.88. The van der Waals surface area contributed by atoms with Crippen molar-refractivity contribution in [3.05, 3.63) is 35.6 Å². The molecule has 0 aromatic heterocycles. The average molecular weight is 346 g/mol. The number of likely N-dealkylation sites (N-methyl/N-ethyl adjacent to an activating group) is 1. The van der Waals surface area contributed by atoms with Crippen molar-refractivity contribution < 1.29 is 18.7 Å². The molecule has 0 N–H and O–H groups in total. The summed E-state index contributed by atoms with van der Waals surface area (Å²) >= 11 is 0. The van der Waals surface area contributed by atoms with Crippen LogP contribution in [0.15, 0.2) is 24.3 Å². The lowest BCUT2D eigenvalue weighted by Gasteiger charge is -2.39. The number of rotatable bonds is 3. The van der Waals surface area contributed by atoms with E-state index in [1.165, 1.54) is 6.07 Å². The fraction of sp³-hybridized carbons (Fsp3) is 0.579. The van der Waals surface area contributed by atoms with Crippen LogP contribution >= 0.6 is 0 Å². The van der Waals surface area contributed by atoms with Crippen molar-refractivity contribution in [2.45, 2.75) is 43.6 Å². The highest BCUT2D eigenvalue weighted by molar-refractivity contribution is 5.91. The van der Waals surface area contributed by atoms with Crippen LogP contribution in [0.1, 0.15) is 38.2 Å². The summed E-state index contributed by atoms with van der Waals surface area (Å²) in [5.74, 6) is -0.283. The number of hydrogen-bond donors (Lipinski definition) is 0. The molecule has 0 radical (unpaired) electrons. The first-order valence-electron chi connectivity index (χ1n) is 9.02. The number of carbonyl (C=O) groups is 2. The summed E-state index contributed by atoms with van der Waals surface area (Å²) in [6.45, 7) is 4.28. The van der Waals surface area contributed by atoms with Crippen LogP contribution in [-0.4, -0.2) is 53.6 Å². The lowest BCUT2D eigenvalue weighted by Crippen LogP contribution is -2.51. The van der Waals surface area contributed by atoms with Crippen LogP contribution in [0.25, 0.3) is 0 Å². The molecule has 1 aliphatic carbocycles. The Morgan fingerprint density at radius 2 is 1.88 bits per heavy atom. The SMILES string of the molecule is CCN1CC2(CCN(C(=O)C3(c4ccccc4F)CC3)CC2)OC1=O. The van der Waals surface area contributed by atoms with Gasteiger partial charge in [-0.1, -0.05) is 18.2 Å². The minimum Gasteiger partial charge on any atom is -0.441 e. The normalized spacial score (nSPS) is 23.7. The largest absolute Gasteiger partial charge is 0.441 e. The number of benzene rings is 1. The number of likely N-dealkylation sites (tertiary alicyclic amines) is 1. The van der Waals surface area contributed by atoms with Crippen LogP contribution in [0, 0.1) is 5.82 Å². The maximum Gasteiger partial charge on any atom is 0.410 e. The van der Waals surface area contributed by atoms with Gasteiger partial charge in [-0.25, -0.2) is 9.18 Å². The predicted octanol–water partition coefficient (Wildman–Crippen LogP) is 2.69. The topological polar surface area (TPSA) is 49.9 Å². The first-order chi connectivity index (χ1) is 12.0. The maximum absolute atomic E-state index is 14.2. The summed E-state index contributed by atoms with van der Waals surface area (Å²) in [5.41, 5.74) is -0.624. The third-order valence-electron chi connectivity index (χ3n) is 5.93. The van der Waals surface area contributed by atoms with E-state index < -0.39 is 11.0 Å². The molecule has 1 saturated carbocycles. The molecule has 0 atom stereocenters. The van der Waals surface area contributed by atoms with E-state index in [-0.39, 0.29) is 17.8 Å². The fourth-order valence-corrected chi connectivity index (χ4v) is 4.19. The molecule has 134 valence electrons. The quantitative estimate of drug-likeness (QED) is 0.845. The van der Waals surface area contributed by atoms with Gasteiger partial charge in [-0.3, -0.25) is 4.79 Å². The van der Waals surface area contributed by atoms with Crippen molar-refractivity contribution in [3.8, 4) is 0 Å². The summed E-state index contributed by atoms with van der Waals surface area (Å²) in [6, 6.07) is 6.58. The molecule has 1 spiro atoms. The van der Waals surface area contributed by atoms with Crippen LogP contribution in [0.4, 0.5) is 9.18 Å². The maximum atomic E-state index is 14.2. The number of halogens is 1. The van der Waals surface area contributed by atoms with Crippen LogP contribution < -0.4 is 0 Å². The minimum atomic E-state index is -0.683. The van der Waals surface area contributed by atoms with E-state index in [1.807, 2.05) is 11.8 Å². The molecule has 2 amide bonds. The van der Waals surface area contributed by atoms with E-state index in [9.17, 15) is 14.0 Å². The Labute approximate surface area is 146 Å². The molecule has 3 fully saturated rings. The second-order valence-electron chi connectivity index (χ2n) is 7.42. The summed E-state index contributed by atoms with van der Waals surface area (Å²) in [6.07, 6.45) is 2.44. The first-order valence-corrected chi connectivity index (χ1v) is 9.02. The zero-order chi connectivity index (χ0) is 17.7. The van der Waals surface area contributed by atoms with Crippen LogP contribution in [0.3, 0.4) is 0 Å². The molecule has 1 aromatic carbocycles. The zero-order valence-corrected chi connectivity index (χ0v) is 14.5. The van der Waals surface area contributed by atoms with Gasteiger partial charge in [0.15, 0.2) is 0 Å². The molecule has 3 aliphatic rings. The van der Waals surface area contributed by atoms with Gasteiger partial charge in [0, 0.05) is 38.0 Å². The molecular formula is C19H23FN2O3. The molecule has 5 nitrogen and oxygen atoms in total. The highest BCUT2D eigenvalue weighted by Crippen LogP contribution is 2.51. The molecule has 0 unspecified atom stereocenters. The molecule has 2 saturated heterocycles. The smallest absolute Gasteiger partial charge is 0.410 e. The van der Waals surface area contributed by atoms with Gasteiger partial charge in [0.05, 0.1) is 12.0 Å². The second kappa shape index (κ2) is 5.71. The Morgan fingerprint density at radius 3 is 2.44 bits per heavy atom. The van der Waals surface area contributed by atoms with Crippen LogP contribution in [0.2, 0.25) is 0 Å². The van der Waals surface area contributed by atoms with Crippen molar-refractivity contribution in [1.29, 1.82) is 0 Å². The highest BCUT2D eigenvalue weighted by Gasteiger charge is 2.56. The number of hydrogen-bond acceptors (Lipinski definition) is 3. The van der Waals surface area contributed by atoms with Gasteiger partial charge in [0.2, 0.25) is 5.91 Å². The molecular weight excluding hydrogens is 323 g/mol. The van der Waals surface area contributed by atoms with E-state index in [1.54, 1.807) is 23.1 Å². The zero-order valence-electron chi connectivity index (χ0n) is 14.5. The minimum absolute atomic E-state index is 0.0177. The Morgan fingerprint density at radius 1 is 1.20 bits per heavy atom. The molecule has 25 heavy (non-hydrogen) atoms. The van der Waals surface area contributed by atoms with Crippen molar-refractivity contribution in [3.63, 3.8) is 0 Å². The monoisotopic (exact) mass is 346 g/mol. The third kappa shape index (κ3) is 2.58. The molecule has 4 rings (SSSR count). The van der Waals surface area contributed by atoms with Gasteiger partial charge in [0.1, 0.15) is 11.4 Å². The Balaban J connectivity index is 1.46. The van der Waals surface area contributed by atoms with Crippen LogP contribution in [0.5, 0.6) is 0 Å². The molecule has 0 bridgehead atoms. The van der Waals surface area contributed by atoms with E-state index >= 15 is 0 Å². The van der Waals surface area contributed by atoms with E-state index in [0.717, 1.165) is 0 Å². The number of carbonyl (C=O) groups excluding carboxylic acids is 2. The highest BCUT2D eigenvalue weighted by atomic mass is 19.1. The number of ether oxygens (including phenoxy) is 1. The number of amides is 2. The molecule has 2 heterocycles. The van der Waals surface area contributed by atoms with Crippen molar-refractivity contribution >= 4 is 12.0 Å². The van der Waals surface area contributed by atoms with Gasteiger partial charge < -0.3 is 14.5 Å². The van der Waals surface area contributed by atoms with Gasteiger partial charge >= 0.3 is 6.09 Å². The van der Waals surface area contributed by atoms with Crippen molar-refractivity contribution in [2.24, 2.45) is 0 Å². The average Bonchev–Trinajstić information content (AvgIpc) is 3.36. The van der Waals surface area contributed by atoms with Crippen molar-refractivity contribution in [1.82, 2.24) is 9.80 Å². The number of nitrogens with zero attached hydrogens (tertiary/aromatic N) is 2. The van der Waals surface area contributed by atoms with E-state index in [4.69, 9.17) is 4.74 Å². The third-order valence-corrected chi connectivity index (χ3v) is 5.93. The molecule has 6 heteroatoms. The summed E-state index contributed by atoms with van der Waals surface area (Å²) in [4.78, 5) is 28.5. The number of piperidine rings is 1. The first kappa shape index (κ1) is 16.4. The Bertz CT molecular complexity index is 708. The summed E-state index contributed by atoms with van der Waals surface area (Å²) in [7, 11) is 0. The summed E-state index contributed by atoms with van der Waals surface area (Å²) in [5, 5.41) is 0. The standard InChI is InChI=1S/C19H23FN2O3/c1-2-21-13-18(25-17(21)24)9-11-22(12-10-18)16(23)19(7-8-19)14-5-3-4-6-15(14)20/h3-6H,2,7-13H2,1H3. The Kier molecular flexibility index (Phi) is 3.74. The van der Waals surface area contributed by atoms with E-state index in [0.29, 0.717) is 57.4 Å². The van der Waals surface area contributed by atoms with Gasteiger partial charge in [-0.05, 0) is 25.8 Å². The fourth-order valence-electron chi connectivity index (χ4n) is 4.19. The lowest BCUT2D eigenvalue weighted by molar-refractivity contribution is -0.137. The van der Waals surface area contributed by atoms with Gasteiger partial charge in [-0.15, -0.1) is 0 Å². The van der Waals surface area contributed by atoms with Gasteiger partial charge in [-0.2, -0.15) is 0 Å². The Hall–Kier alpha value is -2.11. The second-order valence-corrected chi connectivity index (χ2v) is 7.42.